The maximum absolute atomic E-state index is 13.2. The molecular weight excluding hydrogens is 380 g/mol. The minimum absolute atomic E-state index is 0.0223. The second-order valence-corrected chi connectivity index (χ2v) is 9.81. The van der Waals surface area contributed by atoms with Crippen molar-refractivity contribution in [2.24, 2.45) is 5.92 Å². The highest BCUT2D eigenvalue weighted by molar-refractivity contribution is 8.13. The van der Waals surface area contributed by atoms with E-state index >= 15 is 0 Å². The first-order valence-electron chi connectivity index (χ1n) is 9.98. The molecule has 0 bridgehead atoms. The molecule has 2 saturated heterocycles. The quantitative estimate of drug-likeness (QED) is 0.644. The molecule has 0 aromatic rings. The summed E-state index contributed by atoms with van der Waals surface area (Å²) in [6.07, 6.45) is 2.71. The zero-order chi connectivity index (χ0) is 21.1. The molecule has 0 spiro atoms. The first-order valence-corrected chi connectivity index (χ1v) is 11.0. The highest BCUT2D eigenvalue weighted by Crippen LogP contribution is 2.28. The number of likely N-dealkylation sites (tertiary alicyclic amines) is 2. The molecular formula is C20H32N2O5S. The fourth-order valence-corrected chi connectivity index (χ4v) is 4.35. The summed E-state index contributed by atoms with van der Waals surface area (Å²) in [5.74, 6) is -0.554. The Labute approximate surface area is 171 Å². The number of amides is 2. The summed E-state index contributed by atoms with van der Waals surface area (Å²) in [4.78, 5) is 53.0. The fourth-order valence-electron chi connectivity index (χ4n) is 3.72. The third kappa shape index (κ3) is 5.72. The molecule has 0 saturated carbocycles. The van der Waals surface area contributed by atoms with E-state index < -0.39 is 17.7 Å². The van der Waals surface area contributed by atoms with Crippen molar-refractivity contribution < 1.29 is 23.9 Å². The molecule has 2 aliphatic heterocycles. The lowest BCUT2D eigenvalue weighted by atomic mass is 10.1. The number of carbonyl (C=O) groups is 4. The lowest BCUT2D eigenvalue weighted by Gasteiger charge is -2.32. The van der Waals surface area contributed by atoms with Crippen LogP contribution in [-0.4, -0.2) is 69.2 Å². The van der Waals surface area contributed by atoms with E-state index in [9.17, 15) is 19.2 Å². The molecule has 2 rings (SSSR count). The Balaban J connectivity index is 2.06. The second kappa shape index (κ2) is 9.29. The minimum Gasteiger partial charge on any atom is -0.458 e. The van der Waals surface area contributed by atoms with E-state index in [1.54, 1.807) is 16.7 Å². The third-order valence-electron chi connectivity index (χ3n) is 4.99. The molecule has 158 valence electrons. The Morgan fingerprint density at radius 3 is 2.18 bits per heavy atom. The highest BCUT2D eigenvalue weighted by atomic mass is 32.2. The lowest BCUT2D eigenvalue weighted by Crippen LogP contribution is -2.52. The van der Waals surface area contributed by atoms with Gasteiger partial charge in [-0.25, -0.2) is 4.79 Å². The van der Waals surface area contributed by atoms with Gasteiger partial charge in [0.2, 0.25) is 11.8 Å². The van der Waals surface area contributed by atoms with Gasteiger partial charge in [0.15, 0.2) is 5.12 Å². The molecule has 2 amide bonds. The number of hydrogen-bond donors (Lipinski definition) is 0. The van der Waals surface area contributed by atoms with Crippen molar-refractivity contribution in [2.45, 2.75) is 78.0 Å². The Morgan fingerprint density at radius 2 is 1.61 bits per heavy atom. The standard InChI is InChI=1S/C20H32N2O5S/c1-13(12-28-14(2)23)17(24)21-10-6-8-15(21)18(25)22-11-7-9-16(22)19(26)27-20(3,4)5/h13,15-16H,6-12H2,1-5H3/t13?,15-,16-/m0/s1. The van der Waals surface area contributed by atoms with Crippen LogP contribution >= 0.6 is 11.8 Å². The Kier molecular flexibility index (Phi) is 7.53. The van der Waals surface area contributed by atoms with Gasteiger partial charge in [-0.2, -0.15) is 0 Å². The van der Waals surface area contributed by atoms with Gasteiger partial charge in [-0.15, -0.1) is 0 Å². The minimum atomic E-state index is -0.604. The van der Waals surface area contributed by atoms with Crippen LogP contribution in [0.1, 0.15) is 60.3 Å². The van der Waals surface area contributed by atoms with Crippen molar-refractivity contribution in [2.75, 3.05) is 18.8 Å². The number of thioether (sulfide) groups is 1. The molecule has 8 heteroatoms. The number of carbonyl (C=O) groups excluding carboxylic acids is 4. The van der Waals surface area contributed by atoms with Crippen molar-refractivity contribution in [1.29, 1.82) is 0 Å². The monoisotopic (exact) mass is 412 g/mol. The number of esters is 1. The van der Waals surface area contributed by atoms with Crippen molar-refractivity contribution in [3.8, 4) is 0 Å². The van der Waals surface area contributed by atoms with Crippen LogP contribution in [0.15, 0.2) is 0 Å². The zero-order valence-electron chi connectivity index (χ0n) is 17.5. The smallest absolute Gasteiger partial charge is 0.329 e. The third-order valence-corrected chi connectivity index (χ3v) is 6.07. The topological polar surface area (TPSA) is 84.0 Å². The van der Waals surface area contributed by atoms with Crippen LogP contribution in [0, 0.1) is 5.92 Å². The summed E-state index contributed by atoms with van der Waals surface area (Å²) >= 11 is 1.13. The molecule has 2 heterocycles. The van der Waals surface area contributed by atoms with Gasteiger partial charge in [-0.05, 0) is 46.5 Å². The zero-order valence-corrected chi connectivity index (χ0v) is 18.3. The summed E-state index contributed by atoms with van der Waals surface area (Å²) < 4.78 is 5.48. The van der Waals surface area contributed by atoms with Crippen molar-refractivity contribution in [3.05, 3.63) is 0 Å². The predicted octanol–water partition coefficient (Wildman–Crippen LogP) is 2.23. The van der Waals surface area contributed by atoms with Crippen molar-refractivity contribution in [1.82, 2.24) is 9.80 Å². The summed E-state index contributed by atoms with van der Waals surface area (Å²) in [6.45, 7) is 9.75. The van der Waals surface area contributed by atoms with E-state index in [2.05, 4.69) is 0 Å². The Bertz CT molecular complexity index is 631. The number of hydrogen-bond acceptors (Lipinski definition) is 6. The Hall–Kier alpha value is -1.57. The van der Waals surface area contributed by atoms with Gasteiger partial charge in [0.1, 0.15) is 17.7 Å². The molecule has 0 aromatic carbocycles. The fraction of sp³-hybridized carbons (Fsp3) is 0.800. The number of nitrogens with zero attached hydrogens (tertiary/aromatic N) is 2. The SMILES string of the molecule is CC(=O)SCC(C)C(=O)N1CCC[C@H]1C(=O)N1CCC[C@H]1C(=O)OC(C)(C)C. The molecule has 2 fully saturated rings. The molecule has 0 aromatic heterocycles. The number of ether oxygens (including phenoxy) is 1. The van der Waals surface area contributed by atoms with E-state index in [1.807, 2.05) is 20.8 Å². The average molecular weight is 413 g/mol. The summed E-state index contributed by atoms with van der Waals surface area (Å²) in [5, 5.41) is -0.0223. The molecule has 7 nitrogen and oxygen atoms in total. The molecule has 0 radical (unpaired) electrons. The van der Waals surface area contributed by atoms with E-state index in [0.717, 1.165) is 24.6 Å². The van der Waals surface area contributed by atoms with Gasteiger partial charge < -0.3 is 14.5 Å². The van der Waals surface area contributed by atoms with Crippen LogP contribution in [0.5, 0.6) is 0 Å². The van der Waals surface area contributed by atoms with Crippen LogP contribution in [0.25, 0.3) is 0 Å². The molecule has 2 aliphatic rings. The normalized spacial score (nSPS) is 23.6. The van der Waals surface area contributed by atoms with Gasteiger partial charge in [0.25, 0.3) is 0 Å². The molecule has 28 heavy (non-hydrogen) atoms. The van der Waals surface area contributed by atoms with E-state index in [1.165, 1.54) is 6.92 Å². The van der Waals surface area contributed by atoms with E-state index in [4.69, 9.17) is 4.74 Å². The molecule has 3 atom stereocenters. The van der Waals surface area contributed by atoms with Crippen molar-refractivity contribution in [3.63, 3.8) is 0 Å². The van der Waals surface area contributed by atoms with E-state index in [0.29, 0.717) is 31.7 Å². The predicted molar refractivity (Wildman–Crippen MR) is 108 cm³/mol. The summed E-state index contributed by atoms with van der Waals surface area (Å²) in [5.41, 5.74) is -0.604. The molecule has 0 aliphatic carbocycles. The molecule has 1 unspecified atom stereocenters. The second-order valence-electron chi connectivity index (χ2n) is 8.62. The van der Waals surface area contributed by atoms with E-state index in [-0.39, 0.29) is 28.8 Å². The van der Waals surface area contributed by atoms with Crippen LogP contribution < -0.4 is 0 Å². The van der Waals surface area contributed by atoms with Gasteiger partial charge in [-0.3, -0.25) is 14.4 Å². The Morgan fingerprint density at radius 1 is 1.04 bits per heavy atom. The maximum Gasteiger partial charge on any atom is 0.329 e. The van der Waals surface area contributed by atoms with Crippen LogP contribution in [0.4, 0.5) is 0 Å². The van der Waals surface area contributed by atoms with Gasteiger partial charge in [-0.1, -0.05) is 18.7 Å². The highest BCUT2D eigenvalue weighted by Gasteiger charge is 2.43. The van der Waals surface area contributed by atoms with Crippen LogP contribution in [0.2, 0.25) is 0 Å². The van der Waals surface area contributed by atoms with Crippen LogP contribution in [0.3, 0.4) is 0 Å². The van der Waals surface area contributed by atoms with Gasteiger partial charge >= 0.3 is 5.97 Å². The molecule has 0 N–H and O–H groups in total. The lowest BCUT2D eigenvalue weighted by molar-refractivity contribution is -0.164. The number of rotatable bonds is 5. The van der Waals surface area contributed by atoms with Crippen molar-refractivity contribution >= 4 is 34.7 Å². The van der Waals surface area contributed by atoms with Gasteiger partial charge in [0.05, 0.1) is 0 Å². The van der Waals surface area contributed by atoms with Gasteiger partial charge in [0, 0.05) is 31.7 Å². The first-order chi connectivity index (χ1) is 13.0. The summed E-state index contributed by atoms with van der Waals surface area (Å²) in [6, 6.07) is -1.10. The maximum atomic E-state index is 13.2. The first kappa shape index (κ1) is 22.7. The summed E-state index contributed by atoms with van der Waals surface area (Å²) in [7, 11) is 0. The largest absolute Gasteiger partial charge is 0.458 e. The average Bonchev–Trinajstić information content (AvgIpc) is 3.25. The van der Waals surface area contributed by atoms with Crippen LogP contribution in [-0.2, 0) is 23.9 Å².